The molecule has 1 unspecified atom stereocenters. The van der Waals surface area contributed by atoms with Gasteiger partial charge in [-0.25, -0.2) is 4.39 Å². The molecule has 0 fully saturated rings. The number of hydrogen-bond donors (Lipinski definition) is 1. The summed E-state index contributed by atoms with van der Waals surface area (Å²) in [6.07, 6.45) is 0. The molecule has 2 aromatic rings. The highest BCUT2D eigenvalue weighted by Crippen LogP contribution is 2.34. The third-order valence-electron chi connectivity index (χ3n) is 3.34. The Hall–Kier alpha value is -1.19. The van der Waals surface area contributed by atoms with Crippen molar-refractivity contribution in [3.8, 4) is 0 Å². The molecule has 108 valence electrons. The standard InChI is InChI=1S/C17H22FNS/c1-11-8-12(10-13(18)9-11)16(19-5)14-6-7-15(20-14)17(2,3)4/h6-10,16,19H,1-5H3. The van der Waals surface area contributed by atoms with Crippen molar-refractivity contribution < 1.29 is 4.39 Å². The minimum absolute atomic E-state index is 0.0468. The molecule has 0 aliphatic carbocycles. The van der Waals surface area contributed by atoms with Crippen LogP contribution >= 0.6 is 11.3 Å². The van der Waals surface area contributed by atoms with Crippen LogP contribution in [0.2, 0.25) is 0 Å². The van der Waals surface area contributed by atoms with E-state index in [2.05, 4.69) is 38.2 Å². The summed E-state index contributed by atoms with van der Waals surface area (Å²) < 4.78 is 13.6. The Kier molecular flexibility index (Phi) is 4.31. The van der Waals surface area contributed by atoms with Gasteiger partial charge in [-0.2, -0.15) is 0 Å². The van der Waals surface area contributed by atoms with Gasteiger partial charge in [0.2, 0.25) is 0 Å². The average molecular weight is 291 g/mol. The van der Waals surface area contributed by atoms with E-state index in [0.717, 1.165) is 11.1 Å². The first-order chi connectivity index (χ1) is 9.31. The summed E-state index contributed by atoms with van der Waals surface area (Å²) in [5, 5.41) is 3.30. The predicted molar refractivity (Wildman–Crippen MR) is 85.1 cm³/mol. The van der Waals surface area contributed by atoms with E-state index in [1.54, 1.807) is 23.5 Å². The molecule has 2 rings (SSSR count). The molecule has 0 aliphatic heterocycles. The second-order valence-corrected chi connectivity index (χ2v) is 7.35. The van der Waals surface area contributed by atoms with Crippen molar-refractivity contribution in [1.82, 2.24) is 5.32 Å². The van der Waals surface area contributed by atoms with E-state index in [4.69, 9.17) is 0 Å². The van der Waals surface area contributed by atoms with Gasteiger partial charge in [0.25, 0.3) is 0 Å². The van der Waals surface area contributed by atoms with Gasteiger partial charge in [-0.1, -0.05) is 26.8 Å². The Morgan fingerprint density at radius 2 is 1.85 bits per heavy atom. The first-order valence-corrected chi connectivity index (χ1v) is 7.67. The fraction of sp³-hybridized carbons (Fsp3) is 0.412. The number of rotatable bonds is 3. The first kappa shape index (κ1) is 15.2. The van der Waals surface area contributed by atoms with Crippen molar-refractivity contribution in [1.29, 1.82) is 0 Å². The largest absolute Gasteiger partial charge is 0.309 e. The molecular weight excluding hydrogens is 269 g/mol. The molecule has 0 saturated carbocycles. The van der Waals surface area contributed by atoms with E-state index in [9.17, 15) is 4.39 Å². The van der Waals surface area contributed by atoms with Crippen LogP contribution in [0.4, 0.5) is 4.39 Å². The average Bonchev–Trinajstić information content (AvgIpc) is 2.77. The van der Waals surface area contributed by atoms with Crippen LogP contribution in [0.3, 0.4) is 0 Å². The number of thiophene rings is 1. The molecule has 0 radical (unpaired) electrons. The highest BCUT2D eigenvalue weighted by molar-refractivity contribution is 7.12. The van der Waals surface area contributed by atoms with E-state index >= 15 is 0 Å². The van der Waals surface area contributed by atoms with Gasteiger partial charge in [0.1, 0.15) is 5.82 Å². The van der Waals surface area contributed by atoms with Gasteiger partial charge in [0.05, 0.1) is 6.04 Å². The number of aryl methyl sites for hydroxylation is 1. The molecule has 1 aromatic heterocycles. The van der Waals surface area contributed by atoms with Crippen molar-refractivity contribution in [2.75, 3.05) is 7.05 Å². The SMILES string of the molecule is CNC(c1cc(C)cc(F)c1)c1ccc(C(C)(C)C)s1. The van der Waals surface area contributed by atoms with Gasteiger partial charge in [0.15, 0.2) is 0 Å². The molecule has 0 saturated heterocycles. The minimum Gasteiger partial charge on any atom is -0.309 e. The molecule has 1 nitrogen and oxygen atoms in total. The lowest BCUT2D eigenvalue weighted by Gasteiger charge is -2.18. The summed E-state index contributed by atoms with van der Waals surface area (Å²) in [6, 6.07) is 9.59. The fourth-order valence-corrected chi connectivity index (χ4v) is 3.52. The fourth-order valence-electron chi connectivity index (χ4n) is 2.32. The van der Waals surface area contributed by atoms with E-state index in [-0.39, 0.29) is 17.3 Å². The summed E-state index contributed by atoms with van der Waals surface area (Å²) in [4.78, 5) is 2.57. The molecule has 0 amide bonds. The summed E-state index contributed by atoms with van der Waals surface area (Å²) >= 11 is 1.79. The zero-order valence-corrected chi connectivity index (χ0v) is 13.6. The van der Waals surface area contributed by atoms with E-state index in [1.165, 1.54) is 9.75 Å². The molecule has 3 heteroatoms. The zero-order valence-electron chi connectivity index (χ0n) is 12.8. The maximum absolute atomic E-state index is 13.6. The number of benzene rings is 1. The van der Waals surface area contributed by atoms with E-state index in [0.29, 0.717) is 0 Å². The van der Waals surface area contributed by atoms with Crippen LogP contribution in [0.25, 0.3) is 0 Å². The maximum atomic E-state index is 13.6. The van der Waals surface area contributed by atoms with Gasteiger partial charge >= 0.3 is 0 Å². The van der Waals surface area contributed by atoms with Crippen molar-refractivity contribution in [3.63, 3.8) is 0 Å². The van der Waals surface area contributed by atoms with Crippen molar-refractivity contribution in [2.24, 2.45) is 0 Å². The lowest BCUT2D eigenvalue weighted by Crippen LogP contribution is -2.17. The Bertz CT molecular complexity index is 575. The van der Waals surface area contributed by atoms with E-state index < -0.39 is 0 Å². The monoisotopic (exact) mass is 291 g/mol. The molecule has 0 bridgehead atoms. The lowest BCUT2D eigenvalue weighted by atomic mass is 9.95. The quantitative estimate of drug-likeness (QED) is 0.856. The third-order valence-corrected chi connectivity index (χ3v) is 4.91. The Morgan fingerprint density at radius 1 is 1.15 bits per heavy atom. The number of halogens is 1. The van der Waals surface area contributed by atoms with Gasteiger partial charge < -0.3 is 5.32 Å². The Morgan fingerprint density at radius 3 is 2.35 bits per heavy atom. The summed E-state index contributed by atoms with van der Waals surface area (Å²) in [5.74, 6) is -0.173. The Balaban J connectivity index is 2.39. The van der Waals surface area contributed by atoms with Crippen molar-refractivity contribution in [2.45, 2.75) is 39.2 Å². The topological polar surface area (TPSA) is 12.0 Å². The third kappa shape index (κ3) is 3.28. The van der Waals surface area contributed by atoms with Gasteiger partial charge in [-0.05, 0) is 54.8 Å². The molecule has 1 aromatic carbocycles. The minimum atomic E-state index is -0.173. The van der Waals surface area contributed by atoms with Crippen molar-refractivity contribution in [3.05, 3.63) is 57.0 Å². The van der Waals surface area contributed by atoms with Gasteiger partial charge in [-0.3, -0.25) is 0 Å². The van der Waals surface area contributed by atoms with Crippen LogP contribution in [-0.2, 0) is 5.41 Å². The lowest BCUT2D eigenvalue weighted by molar-refractivity contribution is 0.604. The maximum Gasteiger partial charge on any atom is 0.123 e. The molecule has 1 N–H and O–H groups in total. The second kappa shape index (κ2) is 5.66. The number of hydrogen-bond acceptors (Lipinski definition) is 2. The van der Waals surface area contributed by atoms with Crippen molar-refractivity contribution >= 4 is 11.3 Å². The highest BCUT2D eigenvalue weighted by Gasteiger charge is 2.20. The zero-order chi connectivity index (χ0) is 14.9. The summed E-state index contributed by atoms with van der Waals surface area (Å²) in [6.45, 7) is 8.56. The van der Waals surface area contributed by atoms with Crippen LogP contribution in [0.5, 0.6) is 0 Å². The van der Waals surface area contributed by atoms with Crippen LogP contribution in [0.15, 0.2) is 30.3 Å². The molecule has 0 spiro atoms. The first-order valence-electron chi connectivity index (χ1n) is 6.86. The predicted octanol–water partition coefficient (Wildman–Crippen LogP) is 4.80. The summed E-state index contributed by atoms with van der Waals surface area (Å²) in [7, 11) is 1.92. The summed E-state index contributed by atoms with van der Waals surface area (Å²) in [5.41, 5.74) is 2.08. The molecule has 1 atom stereocenters. The Labute approximate surface area is 124 Å². The highest BCUT2D eigenvalue weighted by atomic mass is 32.1. The number of nitrogens with one attached hydrogen (secondary N) is 1. The molecular formula is C17H22FNS. The van der Waals surface area contributed by atoms with Crippen LogP contribution in [-0.4, -0.2) is 7.05 Å². The molecule has 20 heavy (non-hydrogen) atoms. The molecule has 0 aliphatic rings. The molecule has 1 heterocycles. The normalized spacial score (nSPS) is 13.5. The second-order valence-electron chi connectivity index (χ2n) is 6.24. The van der Waals surface area contributed by atoms with E-state index in [1.807, 2.05) is 20.0 Å². The van der Waals surface area contributed by atoms with Gasteiger partial charge in [-0.15, -0.1) is 11.3 Å². The van der Waals surface area contributed by atoms with Crippen LogP contribution in [0.1, 0.15) is 47.7 Å². The van der Waals surface area contributed by atoms with Gasteiger partial charge in [0, 0.05) is 9.75 Å². The van der Waals surface area contributed by atoms with Crippen LogP contribution in [0, 0.1) is 12.7 Å². The van der Waals surface area contributed by atoms with Crippen LogP contribution < -0.4 is 5.32 Å². The smallest absolute Gasteiger partial charge is 0.123 e.